The Morgan fingerprint density at radius 2 is 1.57 bits per heavy atom. The lowest BCUT2D eigenvalue weighted by atomic mass is 9.41. The summed E-state index contributed by atoms with van der Waals surface area (Å²) >= 11 is 0. The molecule has 8 fully saturated rings. The number of fused-ring (bicyclic) bond motifs is 4. The molecule has 2 spiro atoms. The number of aliphatic hydroxyl groups excluding tert-OH is 1. The van der Waals surface area contributed by atoms with Gasteiger partial charge >= 0.3 is 6.09 Å². The van der Waals surface area contributed by atoms with E-state index in [0.29, 0.717) is 24.4 Å². The normalized spacial score (nSPS) is 48.3. The van der Waals surface area contributed by atoms with Gasteiger partial charge in [0.25, 0.3) is 0 Å². The molecule has 290 valence electrons. The third-order valence-electron chi connectivity index (χ3n) is 17.7. The number of piperazine rings is 1. The molecule has 3 aliphatic heterocycles. The van der Waals surface area contributed by atoms with Crippen molar-refractivity contribution in [2.24, 2.45) is 50.7 Å². The highest BCUT2D eigenvalue weighted by Crippen LogP contribution is 2.89. The van der Waals surface area contributed by atoms with Crippen LogP contribution in [0.5, 0.6) is 0 Å². The summed E-state index contributed by atoms with van der Waals surface area (Å²) in [6.07, 6.45) is 8.55. The molecule has 3 heterocycles. The van der Waals surface area contributed by atoms with Crippen molar-refractivity contribution in [3.8, 4) is 0 Å². The molecule has 2 N–H and O–H groups in total. The van der Waals surface area contributed by atoms with Crippen LogP contribution in [0.25, 0.3) is 0 Å². The molecule has 0 radical (unpaired) electrons. The average molecular weight is 714 g/mol. The zero-order chi connectivity index (χ0) is 36.4. The zero-order valence-corrected chi connectivity index (χ0v) is 33.3. The molecule has 5 saturated carbocycles. The van der Waals surface area contributed by atoms with Gasteiger partial charge in [-0.1, -0.05) is 34.6 Å². The fourth-order valence-corrected chi connectivity index (χ4v) is 14.9. The molecule has 8 aliphatic rings. The van der Waals surface area contributed by atoms with Crippen molar-refractivity contribution in [3.63, 3.8) is 0 Å². The second-order valence-corrected chi connectivity index (χ2v) is 20.5. The first-order chi connectivity index (χ1) is 24.0. The van der Waals surface area contributed by atoms with Crippen LogP contribution in [-0.2, 0) is 14.2 Å². The molecular formula is C42H71N3O6. The van der Waals surface area contributed by atoms with Crippen molar-refractivity contribution in [1.29, 1.82) is 0 Å². The van der Waals surface area contributed by atoms with Gasteiger partial charge in [0.1, 0.15) is 12.2 Å². The standard InChI is InChI=1S/C42H71N3O6/c1-9-49-35(38(5,6)48)28-25-27(2)32-33(50-28)34(46)40(8)30-12-11-29-37(3,4)31(13-14-41(29)26-42(30,41)16-15-39(32,40)7)51-36(47)45-23-21-44(22-24-45)20-19-43-17-10-18-43/h27-35,46,48H,9-26H2,1-8H3/t27-,28?,29+,30?,31+,32+,33?,34+,35+,39-,40-,41-,42?/m1/s1. The molecule has 9 nitrogen and oxygen atoms in total. The molecule has 13 atom stereocenters. The molecule has 0 aromatic rings. The summed E-state index contributed by atoms with van der Waals surface area (Å²) in [5.74, 6) is 1.64. The lowest BCUT2D eigenvalue weighted by Crippen LogP contribution is -2.60. The second kappa shape index (κ2) is 12.5. The minimum atomic E-state index is -1.03. The van der Waals surface area contributed by atoms with Crippen molar-refractivity contribution >= 4 is 6.09 Å². The fraction of sp³-hybridized carbons (Fsp3) is 0.976. The first kappa shape index (κ1) is 37.0. The fourth-order valence-electron chi connectivity index (χ4n) is 14.9. The Morgan fingerprint density at radius 3 is 2.20 bits per heavy atom. The first-order valence-electron chi connectivity index (χ1n) is 21.1. The van der Waals surface area contributed by atoms with Crippen LogP contribution in [0.2, 0.25) is 0 Å². The highest BCUT2D eigenvalue weighted by molar-refractivity contribution is 5.68. The van der Waals surface area contributed by atoms with Gasteiger partial charge in [0.15, 0.2) is 0 Å². The van der Waals surface area contributed by atoms with Gasteiger partial charge < -0.3 is 34.2 Å². The van der Waals surface area contributed by atoms with E-state index in [4.69, 9.17) is 14.2 Å². The maximum Gasteiger partial charge on any atom is 0.410 e. The van der Waals surface area contributed by atoms with E-state index < -0.39 is 17.8 Å². The Morgan fingerprint density at radius 1 is 0.922 bits per heavy atom. The van der Waals surface area contributed by atoms with Crippen molar-refractivity contribution in [2.75, 3.05) is 59.0 Å². The number of rotatable bonds is 8. The van der Waals surface area contributed by atoms with Crippen molar-refractivity contribution < 1.29 is 29.2 Å². The van der Waals surface area contributed by atoms with Crippen molar-refractivity contribution in [1.82, 2.24) is 14.7 Å². The number of amides is 1. The predicted molar refractivity (Wildman–Crippen MR) is 197 cm³/mol. The van der Waals surface area contributed by atoms with Gasteiger partial charge in [-0.05, 0) is 132 Å². The first-order valence-corrected chi connectivity index (χ1v) is 21.1. The van der Waals surface area contributed by atoms with Crippen LogP contribution in [0.4, 0.5) is 4.79 Å². The summed E-state index contributed by atoms with van der Waals surface area (Å²) < 4.78 is 19.6. The molecule has 4 unspecified atom stereocenters. The SMILES string of the molecule is CCO[C@@H](C1C[C@@H](C)[C@H]2C(O1)[C@H](O)[C@@]1(C)C3CC[C@H]4C(C)(C)[C@@H](OC(=O)N5CCN(CCN6CCC6)CC5)CC[C@@]45CC35CC[C@]21C)C(C)(C)O. The molecule has 0 aromatic heterocycles. The van der Waals surface area contributed by atoms with E-state index >= 15 is 0 Å². The van der Waals surface area contributed by atoms with Gasteiger partial charge in [-0.2, -0.15) is 0 Å². The van der Waals surface area contributed by atoms with Gasteiger partial charge in [0, 0.05) is 56.7 Å². The Kier molecular flexibility index (Phi) is 9.08. The lowest BCUT2D eigenvalue weighted by Gasteiger charge is -2.63. The van der Waals surface area contributed by atoms with Gasteiger partial charge in [-0.25, -0.2) is 4.79 Å². The number of carbonyl (C=O) groups is 1. The summed E-state index contributed by atoms with van der Waals surface area (Å²) in [6.45, 7) is 26.4. The number of aliphatic hydroxyl groups is 2. The lowest BCUT2D eigenvalue weighted by molar-refractivity contribution is -0.215. The maximum atomic E-state index is 13.6. The molecule has 51 heavy (non-hydrogen) atoms. The van der Waals surface area contributed by atoms with Gasteiger partial charge in [-0.15, -0.1) is 0 Å². The van der Waals surface area contributed by atoms with E-state index in [1.54, 1.807) is 0 Å². The molecule has 0 aromatic carbocycles. The zero-order valence-electron chi connectivity index (χ0n) is 33.3. The Bertz CT molecular complexity index is 1330. The van der Waals surface area contributed by atoms with Crippen molar-refractivity contribution in [2.45, 2.75) is 149 Å². The number of likely N-dealkylation sites (tertiary alicyclic amines) is 1. The number of hydrogen-bond acceptors (Lipinski definition) is 8. The molecule has 3 saturated heterocycles. The van der Waals surface area contributed by atoms with Crippen LogP contribution in [0.15, 0.2) is 0 Å². The third kappa shape index (κ3) is 5.30. The monoisotopic (exact) mass is 714 g/mol. The van der Waals surface area contributed by atoms with Crippen LogP contribution in [-0.4, -0.2) is 126 Å². The van der Waals surface area contributed by atoms with Crippen LogP contribution < -0.4 is 0 Å². The Labute approximate surface area is 308 Å². The third-order valence-corrected chi connectivity index (χ3v) is 17.7. The average Bonchev–Trinajstić information content (AvgIpc) is 3.68. The van der Waals surface area contributed by atoms with Crippen LogP contribution in [0.3, 0.4) is 0 Å². The van der Waals surface area contributed by atoms with Crippen LogP contribution in [0.1, 0.15) is 113 Å². The van der Waals surface area contributed by atoms with Crippen LogP contribution in [0, 0.1) is 50.7 Å². The van der Waals surface area contributed by atoms with E-state index in [0.717, 1.165) is 77.8 Å². The summed E-state index contributed by atoms with van der Waals surface area (Å²) in [4.78, 5) is 20.6. The molecule has 0 bridgehead atoms. The highest BCUT2D eigenvalue weighted by atomic mass is 16.6. The minimum Gasteiger partial charge on any atom is -0.446 e. The van der Waals surface area contributed by atoms with E-state index in [1.807, 2.05) is 25.7 Å². The maximum absolute atomic E-state index is 13.6. The van der Waals surface area contributed by atoms with Crippen LogP contribution >= 0.6 is 0 Å². The largest absolute Gasteiger partial charge is 0.446 e. The number of ether oxygens (including phenoxy) is 3. The topological polar surface area (TPSA) is 94.9 Å². The van der Waals surface area contributed by atoms with E-state index in [9.17, 15) is 15.0 Å². The second-order valence-electron chi connectivity index (χ2n) is 20.5. The molecule has 9 heteroatoms. The Hall–Kier alpha value is -0.970. The minimum absolute atomic E-state index is 0.00893. The van der Waals surface area contributed by atoms with Gasteiger partial charge in [-0.3, -0.25) is 4.90 Å². The number of carbonyl (C=O) groups excluding carboxylic acids is 1. The highest BCUT2D eigenvalue weighted by Gasteiger charge is 2.84. The summed E-state index contributed by atoms with van der Waals surface area (Å²) in [5, 5.41) is 23.7. The summed E-state index contributed by atoms with van der Waals surface area (Å²) in [5.41, 5.74) is -0.826. The molecule has 8 rings (SSSR count). The number of hydrogen-bond donors (Lipinski definition) is 2. The number of nitrogens with zero attached hydrogens (tertiary/aromatic N) is 3. The Balaban J connectivity index is 0.959. The van der Waals surface area contributed by atoms with E-state index in [1.165, 1.54) is 32.4 Å². The van der Waals surface area contributed by atoms with Crippen molar-refractivity contribution in [3.05, 3.63) is 0 Å². The quantitative estimate of drug-likeness (QED) is 0.326. The van der Waals surface area contributed by atoms with Gasteiger partial charge in [0.2, 0.25) is 0 Å². The molecule has 5 aliphatic carbocycles. The summed E-state index contributed by atoms with van der Waals surface area (Å²) in [6, 6.07) is 0. The van der Waals surface area contributed by atoms with Gasteiger partial charge in [0.05, 0.1) is 23.9 Å². The molecule has 1 amide bonds. The molecular weight excluding hydrogens is 642 g/mol. The summed E-state index contributed by atoms with van der Waals surface area (Å²) in [7, 11) is 0. The van der Waals surface area contributed by atoms with E-state index in [-0.39, 0.29) is 57.4 Å². The predicted octanol–water partition coefficient (Wildman–Crippen LogP) is 5.80. The smallest absolute Gasteiger partial charge is 0.410 e. The van der Waals surface area contributed by atoms with E-state index in [2.05, 4.69) is 44.4 Å².